The summed E-state index contributed by atoms with van der Waals surface area (Å²) < 4.78 is 75.1. The largest absolute Gasteiger partial charge is 0.449 e. The molecule has 0 fully saturated rings. The Morgan fingerprint density at radius 3 is 1.18 bits per heavy atom. The Hall–Kier alpha value is -3.04. The highest BCUT2D eigenvalue weighted by atomic mass is 19.2. The van der Waals surface area contributed by atoms with Gasteiger partial charge >= 0.3 is 11.9 Å². The van der Waals surface area contributed by atoms with Crippen LogP contribution in [0.15, 0.2) is 24.3 Å². The molecule has 6 nitrogen and oxygen atoms in total. The first-order valence-corrected chi connectivity index (χ1v) is 7.79. The summed E-state index contributed by atoms with van der Waals surface area (Å²) >= 11 is 0. The van der Waals surface area contributed by atoms with Crippen molar-refractivity contribution in [3.63, 3.8) is 0 Å². The van der Waals surface area contributed by atoms with Crippen LogP contribution in [0.4, 0.5) is 17.6 Å². The second kappa shape index (κ2) is 9.25. The number of hydrogen-bond donors (Lipinski definition) is 0. The van der Waals surface area contributed by atoms with Crippen molar-refractivity contribution in [1.82, 2.24) is 0 Å². The van der Waals surface area contributed by atoms with E-state index in [0.717, 1.165) is 13.8 Å². The number of rotatable bonds is 8. The maximum Gasteiger partial charge on any atom is 0.336 e. The number of benzene rings is 1. The highest BCUT2D eigenvalue weighted by Gasteiger charge is 2.31. The summed E-state index contributed by atoms with van der Waals surface area (Å²) in [7, 11) is 0. The average molecular weight is 406 g/mol. The molecular weight excluding hydrogens is 388 g/mol. The Morgan fingerprint density at radius 2 is 0.964 bits per heavy atom. The van der Waals surface area contributed by atoms with Crippen LogP contribution >= 0.6 is 0 Å². The van der Waals surface area contributed by atoms with Gasteiger partial charge in [-0.1, -0.05) is 13.2 Å². The van der Waals surface area contributed by atoms with Gasteiger partial charge in [0.2, 0.25) is 47.3 Å². The van der Waals surface area contributed by atoms with E-state index in [4.69, 9.17) is 0 Å². The van der Waals surface area contributed by atoms with Crippen molar-refractivity contribution in [3.8, 4) is 11.5 Å². The highest BCUT2D eigenvalue weighted by molar-refractivity contribution is 5.87. The third kappa shape index (κ3) is 5.48. The summed E-state index contributed by atoms with van der Waals surface area (Å²) in [6.45, 7) is 11.3. The topological polar surface area (TPSA) is 71.1 Å². The first-order valence-electron chi connectivity index (χ1n) is 7.79. The number of hydrogen-bond acceptors (Lipinski definition) is 6. The van der Waals surface area contributed by atoms with Crippen molar-refractivity contribution in [2.24, 2.45) is 0 Å². The van der Waals surface area contributed by atoms with E-state index in [1.165, 1.54) is 13.8 Å². The molecule has 0 aliphatic carbocycles. The monoisotopic (exact) mass is 406 g/mol. The smallest absolute Gasteiger partial charge is 0.336 e. The van der Waals surface area contributed by atoms with Gasteiger partial charge in [-0.3, -0.25) is 0 Å². The standard InChI is InChI=1S/C18H18F4O6/c1-7(2)17(23)27-9(5)25-15-11(19)13(21)16(14(22)12(15)20)26-10(6)28-18(24)8(3)4/h9-10H,1,3H2,2,4-6H3. The molecule has 0 radical (unpaired) electrons. The van der Waals surface area contributed by atoms with E-state index in [9.17, 15) is 27.2 Å². The van der Waals surface area contributed by atoms with Crippen LogP contribution in [-0.2, 0) is 19.1 Å². The Labute approximate surface area is 158 Å². The molecule has 10 heteroatoms. The van der Waals surface area contributed by atoms with Gasteiger partial charge in [0, 0.05) is 25.0 Å². The lowest BCUT2D eigenvalue weighted by Crippen LogP contribution is -2.24. The first-order chi connectivity index (χ1) is 12.9. The van der Waals surface area contributed by atoms with Gasteiger partial charge in [-0.25, -0.2) is 9.59 Å². The lowest BCUT2D eigenvalue weighted by molar-refractivity contribution is -0.158. The average Bonchev–Trinajstić information content (AvgIpc) is 2.60. The molecule has 154 valence electrons. The molecule has 1 aromatic rings. The van der Waals surface area contributed by atoms with Gasteiger partial charge in [0.25, 0.3) is 0 Å². The van der Waals surface area contributed by atoms with E-state index in [0.29, 0.717) is 0 Å². The molecule has 0 amide bonds. The van der Waals surface area contributed by atoms with Crippen molar-refractivity contribution in [2.75, 3.05) is 0 Å². The normalized spacial score (nSPS) is 12.6. The van der Waals surface area contributed by atoms with Crippen molar-refractivity contribution in [2.45, 2.75) is 40.3 Å². The molecule has 2 unspecified atom stereocenters. The predicted octanol–water partition coefficient (Wildman–Crippen LogP) is 3.93. The summed E-state index contributed by atoms with van der Waals surface area (Å²) in [6.07, 6.45) is -3.18. The SMILES string of the molecule is C=C(C)C(=O)OC(C)Oc1c(F)c(F)c(OC(C)OC(=O)C(=C)C)c(F)c1F. The van der Waals surface area contributed by atoms with Crippen LogP contribution in [0.5, 0.6) is 11.5 Å². The number of carbonyl (C=O) groups is 2. The van der Waals surface area contributed by atoms with Crippen LogP contribution < -0.4 is 9.47 Å². The van der Waals surface area contributed by atoms with Crippen LogP contribution in [0.3, 0.4) is 0 Å². The van der Waals surface area contributed by atoms with Crippen LogP contribution in [0.1, 0.15) is 27.7 Å². The van der Waals surface area contributed by atoms with Crippen molar-refractivity contribution < 1.29 is 46.1 Å². The molecule has 0 saturated carbocycles. The molecule has 1 rings (SSSR count). The molecule has 0 spiro atoms. The maximum absolute atomic E-state index is 14.1. The summed E-state index contributed by atoms with van der Waals surface area (Å²) in [5.41, 5.74) is -0.0633. The number of carbonyl (C=O) groups excluding carboxylic acids is 2. The van der Waals surface area contributed by atoms with Crippen LogP contribution in [0, 0.1) is 23.3 Å². The van der Waals surface area contributed by atoms with Crippen LogP contribution in [0.25, 0.3) is 0 Å². The number of esters is 2. The zero-order valence-electron chi connectivity index (χ0n) is 15.5. The maximum atomic E-state index is 14.1. The molecular formula is C18H18F4O6. The second-order valence-electron chi connectivity index (χ2n) is 5.66. The van der Waals surface area contributed by atoms with Gasteiger partial charge in [0.05, 0.1) is 0 Å². The zero-order valence-corrected chi connectivity index (χ0v) is 15.5. The van der Waals surface area contributed by atoms with E-state index in [1.807, 2.05) is 0 Å². The van der Waals surface area contributed by atoms with Gasteiger partial charge in [0.15, 0.2) is 0 Å². The quantitative estimate of drug-likeness (QED) is 0.214. The fourth-order valence-corrected chi connectivity index (χ4v) is 1.68. The molecule has 0 N–H and O–H groups in total. The minimum atomic E-state index is -1.94. The number of ether oxygens (including phenoxy) is 4. The minimum absolute atomic E-state index is 0.0317. The molecule has 0 aliphatic rings. The zero-order chi connectivity index (χ0) is 21.8. The third-order valence-electron chi connectivity index (χ3n) is 2.99. The summed E-state index contributed by atoms with van der Waals surface area (Å²) in [5, 5.41) is 0. The molecule has 0 aliphatic heterocycles. The van der Waals surface area contributed by atoms with Gasteiger partial charge in [-0.2, -0.15) is 17.6 Å². The van der Waals surface area contributed by atoms with E-state index >= 15 is 0 Å². The van der Waals surface area contributed by atoms with Crippen LogP contribution in [-0.4, -0.2) is 24.5 Å². The lowest BCUT2D eigenvalue weighted by atomic mass is 10.2. The fraction of sp³-hybridized carbons (Fsp3) is 0.333. The molecule has 28 heavy (non-hydrogen) atoms. The first kappa shape index (κ1) is 23.0. The van der Waals surface area contributed by atoms with Gasteiger partial charge in [-0.05, 0) is 13.8 Å². The summed E-state index contributed by atoms with van der Waals surface area (Å²) in [6, 6.07) is 0. The molecule has 1 aromatic carbocycles. The minimum Gasteiger partial charge on any atom is -0.449 e. The van der Waals surface area contributed by atoms with E-state index in [1.54, 1.807) is 0 Å². The molecule has 0 heterocycles. The molecule has 0 saturated heterocycles. The molecule has 2 atom stereocenters. The summed E-state index contributed by atoms with van der Waals surface area (Å²) in [5.74, 6) is -12.6. The Bertz CT molecular complexity index is 725. The van der Waals surface area contributed by atoms with Crippen molar-refractivity contribution in [1.29, 1.82) is 0 Å². The molecule has 0 aromatic heterocycles. The Balaban J connectivity index is 3.10. The van der Waals surface area contributed by atoms with Gasteiger partial charge in [0.1, 0.15) is 0 Å². The fourth-order valence-electron chi connectivity index (χ4n) is 1.68. The van der Waals surface area contributed by atoms with Gasteiger partial charge in [-0.15, -0.1) is 0 Å². The van der Waals surface area contributed by atoms with Crippen molar-refractivity contribution in [3.05, 3.63) is 47.6 Å². The summed E-state index contributed by atoms with van der Waals surface area (Å²) in [4.78, 5) is 22.7. The van der Waals surface area contributed by atoms with Gasteiger partial charge < -0.3 is 18.9 Å². The molecule has 0 bridgehead atoms. The van der Waals surface area contributed by atoms with E-state index in [-0.39, 0.29) is 11.1 Å². The second-order valence-corrected chi connectivity index (χ2v) is 5.66. The Kier molecular flexibility index (Phi) is 7.60. The predicted molar refractivity (Wildman–Crippen MR) is 88.3 cm³/mol. The Morgan fingerprint density at radius 1 is 0.714 bits per heavy atom. The van der Waals surface area contributed by atoms with Crippen molar-refractivity contribution >= 4 is 11.9 Å². The lowest BCUT2D eigenvalue weighted by Gasteiger charge is -2.19. The van der Waals surface area contributed by atoms with E-state index in [2.05, 4.69) is 32.1 Å². The third-order valence-corrected chi connectivity index (χ3v) is 2.99. The van der Waals surface area contributed by atoms with E-state index < -0.39 is 59.3 Å². The highest BCUT2D eigenvalue weighted by Crippen LogP contribution is 2.35. The van der Waals surface area contributed by atoms with Crippen LogP contribution in [0.2, 0.25) is 0 Å². The number of halogens is 4.